The van der Waals surface area contributed by atoms with Crippen LogP contribution in [0.1, 0.15) is 25.0 Å². The minimum Gasteiger partial charge on any atom is -0.508 e. The van der Waals surface area contributed by atoms with Gasteiger partial charge in [0.25, 0.3) is 0 Å². The highest BCUT2D eigenvalue weighted by Crippen LogP contribution is 2.34. The Kier molecular flexibility index (Phi) is 7.89. The Balaban J connectivity index is 1.89. The lowest BCUT2D eigenvalue weighted by Crippen LogP contribution is -2.30. The summed E-state index contributed by atoms with van der Waals surface area (Å²) in [6.07, 6.45) is -1.91. The predicted octanol–water partition coefficient (Wildman–Crippen LogP) is 5.23. The first kappa shape index (κ1) is 22.3. The van der Waals surface area contributed by atoms with E-state index in [2.05, 4.69) is 27.9 Å². The van der Waals surface area contributed by atoms with Crippen molar-refractivity contribution in [1.29, 1.82) is 0 Å². The van der Waals surface area contributed by atoms with Gasteiger partial charge in [-0.1, -0.05) is 36.4 Å². The van der Waals surface area contributed by atoms with E-state index < -0.39 is 18.3 Å². The SMILES string of the molecule is CCO[C@@H](CCO)[C@@H](OC(=O)Nc1cccc2ccccc12)c1cc(I)ccc1O. The molecule has 0 bridgehead atoms. The third-order valence-corrected chi connectivity index (χ3v) is 5.36. The molecule has 0 saturated heterocycles. The van der Waals surface area contributed by atoms with E-state index in [4.69, 9.17) is 9.47 Å². The van der Waals surface area contributed by atoms with Crippen LogP contribution in [0.3, 0.4) is 0 Å². The molecular weight excluding hydrogens is 497 g/mol. The third-order valence-electron chi connectivity index (χ3n) is 4.69. The molecule has 0 heterocycles. The van der Waals surface area contributed by atoms with E-state index in [0.717, 1.165) is 14.3 Å². The van der Waals surface area contributed by atoms with Crippen LogP contribution in [0, 0.1) is 3.57 Å². The maximum Gasteiger partial charge on any atom is 0.412 e. The average Bonchev–Trinajstić information content (AvgIpc) is 2.74. The number of hydrogen-bond donors (Lipinski definition) is 3. The number of carbonyl (C=O) groups excluding carboxylic acids is 1. The highest BCUT2D eigenvalue weighted by Gasteiger charge is 2.30. The molecule has 3 rings (SSSR count). The van der Waals surface area contributed by atoms with Crippen molar-refractivity contribution >= 4 is 45.1 Å². The van der Waals surface area contributed by atoms with Crippen LogP contribution in [-0.2, 0) is 9.47 Å². The second-order valence-corrected chi connectivity index (χ2v) is 7.93. The van der Waals surface area contributed by atoms with Crippen molar-refractivity contribution in [1.82, 2.24) is 0 Å². The number of halogens is 1. The van der Waals surface area contributed by atoms with Crippen molar-refractivity contribution in [2.24, 2.45) is 0 Å². The quantitative estimate of drug-likeness (QED) is 0.354. The number of anilines is 1. The van der Waals surface area contributed by atoms with E-state index in [0.29, 0.717) is 17.9 Å². The molecule has 0 saturated carbocycles. The Morgan fingerprint density at radius 3 is 2.67 bits per heavy atom. The first-order chi connectivity index (χ1) is 14.5. The minimum atomic E-state index is -0.887. The van der Waals surface area contributed by atoms with E-state index in [-0.39, 0.29) is 18.8 Å². The molecule has 0 aliphatic heterocycles. The highest BCUT2D eigenvalue weighted by molar-refractivity contribution is 14.1. The summed E-state index contributed by atoms with van der Waals surface area (Å²) in [6, 6.07) is 18.4. The second kappa shape index (κ2) is 10.6. The molecule has 0 aliphatic rings. The summed E-state index contributed by atoms with van der Waals surface area (Å²) in [6.45, 7) is 2.06. The molecule has 1 amide bonds. The Labute approximate surface area is 189 Å². The molecule has 3 aromatic rings. The largest absolute Gasteiger partial charge is 0.508 e. The van der Waals surface area contributed by atoms with Gasteiger partial charge in [0.05, 0.1) is 5.69 Å². The second-order valence-electron chi connectivity index (χ2n) is 6.69. The van der Waals surface area contributed by atoms with E-state index in [1.165, 1.54) is 0 Å². The van der Waals surface area contributed by atoms with Crippen LogP contribution in [0.15, 0.2) is 60.7 Å². The van der Waals surface area contributed by atoms with Crippen molar-refractivity contribution in [2.45, 2.75) is 25.6 Å². The molecule has 0 aromatic heterocycles. The number of ether oxygens (including phenoxy) is 2. The van der Waals surface area contributed by atoms with Crippen molar-refractivity contribution in [3.05, 3.63) is 69.8 Å². The number of aromatic hydroxyl groups is 1. The number of carbonyl (C=O) groups is 1. The van der Waals surface area contributed by atoms with E-state index >= 15 is 0 Å². The summed E-state index contributed by atoms with van der Waals surface area (Å²) < 4.78 is 12.4. The lowest BCUT2D eigenvalue weighted by Gasteiger charge is -2.27. The van der Waals surface area contributed by atoms with Gasteiger partial charge >= 0.3 is 6.09 Å². The molecule has 3 aromatic carbocycles. The van der Waals surface area contributed by atoms with Crippen molar-refractivity contribution < 1.29 is 24.5 Å². The van der Waals surface area contributed by atoms with Crippen molar-refractivity contribution in [3.63, 3.8) is 0 Å². The average molecular weight is 521 g/mol. The summed E-state index contributed by atoms with van der Waals surface area (Å²) in [5, 5.41) is 24.6. The van der Waals surface area contributed by atoms with Crippen LogP contribution in [0.4, 0.5) is 10.5 Å². The molecule has 6 nitrogen and oxygen atoms in total. The molecule has 0 unspecified atom stereocenters. The van der Waals surface area contributed by atoms with Gasteiger partial charge in [-0.25, -0.2) is 4.79 Å². The topological polar surface area (TPSA) is 88.0 Å². The number of hydrogen-bond acceptors (Lipinski definition) is 5. The van der Waals surface area contributed by atoms with E-state index in [1.807, 2.05) is 43.3 Å². The molecule has 158 valence electrons. The maximum atomic E-state index is 12.8. The minimum absolute atomic E-state index is 0.000944. The molecule has 30 heavy (non-hydrogen) atoms. The fraction of sp³-hybridized carbons (Fsp3) is 0.261. The Morgan fingerprint density at radius 1 is 1.13 bits per heavy atom. The van der Waals surface area contributed by atoms with Gasteiger partial charge in [-0.15, -0.1) is 0 Å². The van der Waals surface area contributed by atoms with Gasteiger partial charge in [-0.2, -0.15) is 0 Å². The molecule has 0 aliphatic carbocycles. The van der Waals surface area contributed by atoms with Crippen LogP contribution in [-0.4, -0.2) is 35.6 Å². The van der Waals surface area contributed by atoms with Crippen LogP contribution in [0.5, 0.6) is 5.75 Å². The van der Waals surface area contributed by atoms with Gasteiger partial charge in [-0.05, 0) is 59.2 Å². The van der Waals surface area contributed by atoms with Crippen molar-refractivity contribution in [2.75, 3.05) is 18.5 Å². The zero-order valence-corrected chi connectivity index (χ0v) is 18.7. The zero-order chi connectivity index (χ0) is 21.5. The first-order valence-corrected chi connectivity index (χ1v) is 10.8. The summed E-state index contributed by atoms with van der Waals surface area (Å²) in [5.74, 6) is 0.000944. The van der Waals surface area contributed by atoms with Gasteiger partial charge in [0.15, 0.2) is 6.10 Å². The lowest BCUT2D eigenvalue weighted by molar-refractivity contribution is -0.0491. The van der Waals surface area contributed by atoms with Crippen LogP contribution in [0.2, 0.25) is 0 Å². The summed E-state index contributed by atoms with van der Waals surface area (Å²) in [5.41, 5.74) is 1.06. The Morgan fingerprint density at radius 2 is 1.90 bits per heavy atom. The summed E-state index contributed by atoms with van der Waals surface area (Å²) in [7, 11) is 0. The number of phenolic OH excluding ortho intramolecular Hbond substituents is 1. The lowest BCUT2D eigenvalue weighted by atomic mass is 10.0. The van der Waals surface area contributed by atoms with E-state index in [1.54, 1.807) is 24.3 Å². The number of nitrogens with one attached hydrogen (secondary N) is 1. The number of amides is 1. The highest BCUT2D eigenvalue weighted by atomic mass is 127. The first-order valence-electron chi connectivity index (χ1n) is 9.69. The van der Waals surface area contributed by atoms with Gasteiger partial charge in [0.2, 0.25) is 0 Å². The smallest absolute Gasteiger partial charge is 0.412 e. The number of aliphatic hydroxyl groups is 1. The normalized spacial score (nSPS) is 13.0. The number of phenols is 1. The Hall–Kier alpha value is -2.36. The van der Waals surface area contributed by atoms with Crippen LogP contribution < -0.4 is 5.32 Å². The molecule has 0 radical (unpaired) electrons. The standard InChI is InChI=1S/C23H24INO5/c1-2-29-21(12-13-26)22(18-14-16(24)10-11-20(18)27)30-23(28)25-19-9-5-7-15-6-3-4-8-17(15)19/h3-11,14,21-22,26-27H,2,12-13H2,1H3,(H,25,28)/t21-,22-/m0/s1. The van der Waals surface area contributed by atoms with E-state index in [9.17, 15) is 15.0 Å². The van der Waals surface area contributed by atoms with Gasteiger partial charge in [0.1, 0.15) is 11.9 Å². The summed E-state index contributed by atoms with van der Waals surface area (Å²) >= 11 is 2.13. The number of benzene rings is 3. The number of rotatable bonds is 8. The maximum absolute atomic E-state index is 12.8. The number of aliphatic hydroxyl groups excluding tert-OH is 1. The number of fused-ring (bicyclic) bond motifs is 1. The molecule has 7 heteroatoms. The Bertz CT molecular complexity index is 999. The molecule has 0 spiro atoms. The fourth-order valence-corrected chi connectivity index (χ4v) is 3.86. The van der Waals surface area contributed by atoms with Crippen LogP contribution in [0.25, 0.3) is 10.8 Å². The van der Waals surface area contributed by atoms with Crippen LogP contribution >= 0.6 is 22.6 Å². The molecule has 2 atom stereocenters. The zero-order valence-electron chi connectivity index (χ0n) is 16.5. The molecule has 0 fully saturated rings. The molecule has 3 N–H and O–H groups in total. The molecular formula is C23H24INO5. The third kappa shape index (κ3) is 5.41. The monoisotopic (exact) mass is 521 g/mol. The van der Waals surface area contributed by atoms with Gasteiger partial charge < -0.3 is 19.7 Å². The predicted molar refractivity (Wildman–Crippen MR) is 125 cm³/mol. The van der Waals surface area contributed by atoms with Gasteiger partial charge in [0, 0.05) is 34.2 Å². The van der Waals surface area contributed by atoms with Gasteiger partial charge in [-0.3, -0.25) is 5.32 Å². The fourth-order valence-electron chi connectivity index (χ4n) is 3.35. The summed E-state index contributed by atoms with van der Waals surface area (Å²) in [4.78, 5) is 12.8. The van der Waals surface area contributed by atoms with Crippen molar-refractivity contribution in [3.8, 4) is 5.75 Å².